The maximum absolute atomic E-state index is 11.9. The smallest absolute Gasteiger partial charge is 0.338 e. The molecule has 0 bridgehead atoms. The molecule has 0 saturated carbocycles. The first kappa shape index (κ1) is 12.9. The number of fused-ring (bicyclic) bond motifs is 1. The van der Waals surface area contributed by atoms with Crippen molar-refractivity contribution in [3.8, 4) is 22.9 Å². The number of nitriles is 1. The summed E-state index contributed by atoms with van der Waals surface area (Å²) in [6.07, 6.45) is 0. The minimum Gasteiger partial charge on any atom is -0.496 e. The lowest BCUT2D eigenvalue weighted by atomic mass is 10.1. The quantitative estimate of drug-likeness (QED) is 0.791. The molecule has 0 fully saturated rings. The summed E-state index contributed by atoms with van der Waals surface area (Å²) in [4.78, 5) is 11.9. The van der Waals surface area contributed by atoms with Crippen molar-refractivity contribution in [2.75, 3.05) is 13.7 Å². The van der Waals surface area contributed by atoms with Gasteiger partial charge in [-0.15, -0.1) is 0 Å². The second-order valence-electron chi connectivity index (χ2n) is 3.88. The van der Waals surface area contributed by atoms with Crippen LogP contribution in [0.2, 0.25) is 0 Å². The standard InChI is InChI=1S/C15H13NO3/c1-3-19-15(17)12-8-10(9-16)14-11(12)6-4-5-7-13(14)18-2/h4-8H,3H2,1-2H3. The normalized spacial score (nSPS) is 9.95. The van der Waals surface area contributed by atoms with Crippen molar-refractivity contribution < 1.29 is 14.3 Å². The number of carbonyl (C=O) groups excluding carboxylic acids is 1. The Bertz CT molecular complexity index is 628. The zero-order valence-corrected chi connectivity index (χ0v) is 10.8. The van der Waals surface area contributed by atoms with Gasteiger partial charge in [-0.1, -0.05) is 18.2 Å². The van der Waals surface area contributed by atoms with Crippen LogP contribution < -0.4 is 4.74 Å². The van der Waals surface area contributed by atoms with Gasteiger partial charge in [0.15, 0.2) is 0 Å². The zero-order valence-electron chi connectivity index (χ0n) is 10.8. The molecule has 4 nitrogen and oxygen atoms in total. The highest BCUT2D eigenvalue weighted by Gasteiger charge is 2.23. The van der Waals surface area contributed by atoms with Crippen LogP contribution in [0.3, 0.4) is 0 Å². The molecule has 2 aliphatic rings. The summed E-state index contributed by atoms with van der Waals surface area (Å²) in [7, 11) is 1.53. The molecule has 0 atom stereocenters. The number of methoxy groups -OCH3 is 1. The molecule has 19 heavy (non-hydrogen) atoms. The van der Waals surface area contributed by atoms with Gasteiger partial charge in [-0.2, -0.15) is 5.26 Å². The average Bonchev–Trinajstić information content (AvgIpc) is 2.65. The third kappa shape index (κ3) is 2.23. The number of hydrogen-bond donors (Lipinski definition) is 0. The fourth-order valence-corrected chi connectivity index (χ4v) is 2.03. The van der Waals surface area contributed by atoms with Crippen LogP contribution in [0.1, 0.15) is 22.8 Å². The molecule has 0 aromatic heterocycles. The molecule has 0 saturated heterocycles. The van der Waals surface area contributed by atoms with Crippen LogP contribution in [0.25, 0.3) is 11.1 Å². The Morgan fingerprint density at radius 1 is 1.37 bits per heavy atom. The molecule has 0 unspecified atom stereocenters. The van der Waals surface area contributed by atoms with E-state index in [1.54, 1.807) is 37.3 Å². The molecule has 2 rings (SSSR count). The maximum atomic E-state index is 11.9. The molecule has 0 heterocycles. The van der Waals surface area contributed by atoms with E-state index in [-0.39, 0.29) is 0 Å². The highest BCUT2D eigenvalue weighted by molar-refractivity contribution is 6.02. The van der Waals surface area contributed by atoms with Crippen molar-refractivity contribution in [3.63, 3.8) is 0 Å². The first-order valence-corrected chi connectivity index (χ1v) is 5.89. The predicted molar refractivity (Wildman–Crippen MR) is 70.3 cm³/mol. The molecular formula is C15H13NO3. The largest absolute Gasteiger partial charge is 0.496 e. The summed E-state index contributed by atoms with van der Waals surface area (Å²) in [5.41, 5.74) is 2.10. The Labute approximate surface area is 111 Å². The van der Waals surface area contributed by atoms with Gasteiger partial charge < -0.3 is 9.47 Å². The Balaban J connectivity index is 2.69. The van der Waals surface area contributed by atoms with E-state index in [0.717, 1.165) is 0 Å². The van der Waals surface area contributed by atoms with Crippen LogP contribution in [0.4, 0.5) is 0 Å². The topological polar surface area (TPSA) is 59.3 Å². The highest BCUT2D eigenvalue weighted by Crippen LogP contribution is 2.38. The van der Waals surface area contributed by atoms with Crippen molar-refractivity contribution in [2.24, 2.45) is 0 Å². The monoisotopic (exact) mass is 255 g/mol. The average molecular weight is 255 g/mol. The molecule has 2 aliphatic carbocycles. The number of hydrogen-bond acceptors (Lipinski definition) is 4. The van der Waals surface area contributed by atoms with Gasteiger partial charge in [0.2, 0.25) is 0 Å². The van der Waals surface area contributed by atoms with Gasteiger partial charge in [0.25, 0.3) is 0 Å². The van der Waals surface area contributed by atoms with Gasteiger partial charge in [0, 0.05) is 11.1 Å². The highest BCUT2D eigenvalue weighted by atomic mass is 16.5. The summed E-state index contributed by atoms with van der Waals surface area (Å²) < 4.78 is 10.3. The van der Waals surface area contributed by atoms with Crippen molar-refractivity contribution in [3.05, 3.63) is 41.5 Å². The molecular weight excluding hydrogens is 242 g/mol. The van der Waals surface area contributed by atoms with E-state index >= 15 is 0 Å². The van der Waals surface area contributed by atoms with Gasteiger partial charge in [-0.25, -0.2) is 4.79 Å². The van der Waals surface area contributed by atoms with E-state index in [2.05, 4.69) is 6.07 Å². The van der Waals surface area contributed by atoms with E-state index < -0.39 is 5.97 Å². The number of ether oxygens (including phenoxy) is 2. The Morgan fingerprint density at radius 3 is 2.74 bits per heavy atom. The minimum absolute atomic E-state index is 0.295. The lowest BCUT2D eigenvalue weighted by molar-refractivity contribution is 0.0527. The van der Waals surface area contributed by atoms with Crippen molar-refractivity contribution in [1.29, 1.82) is 5.26 Å². The van der Waals surface area contributed by atoms with Crippen LogP contribution >= 0.6 is 0 Å². The molecule has 0 aliphatic heterocycles. The predicted octanol–water partition coefficient (Wildman–Crippen LogP) is 2.85. The third-order valence-corrected chi connectivity index (χ3v) is 2.82. The Morgan fingerprint density at radius 2 is 2.11 bits per heavy atom. The zero-order chi connectivity index (χ0) is 13.8. The molecule has 0 spiro atoms. The van der Waals surface area contributed by atoms with Crippen LogP contribution in [0.5, 0.6) is 5.75 Å². The van der Waals surface area contributed by atoms with Gasteiger partial charge in [-0.05, 0) is 19.1 Å². The molecule has 0 aromatic carbocycles. The van der Waals surface area contributed by atoms with Gasteiger partial charge in [0.1, 0.15) is 5.75 Å². The van der Waals surface area contributed by atoms with Gasteiger partial charge in [0.05, 0.1) is 30.9 Å². The lowest BCUT2D eigenvalue weighted by Crippen LogP contribution is -2.04. The Hall–Kier alpha value is -2.54. The first-order valence-electron chi connectivity index (χ1n) is 5.89. The molecule has 0 N–H and O–H groups in total. The minimum atomic E-state index is -0.428. The van der Waals surface area contributed by atoms with E-state index in [1.165, 1.54) is 7.11 Å². The summed E-state index contributed by atoms with van der Waals surface area (Å²) in [6.45, 7) is 2.04. The molecule has 0 amide bonds. The molecule has 0 aromatic rings. The first-order chi connectivity index (χ1) is 9.22. The number of rotatable bonds is 3. The number of esters is 1. The van der Waals surface area contributed by atoms with E-state index in [9.17, 15) is 10.1 Å². The summed E-state index contributed by atoms with van der Waals surface area (Å²) >= 11 is 0. The lowest BCUT2D eigenvalue weighted by Gasteiger charge is -2.05. The summed E-state index contributed by atoms with van der Waals surface area (Å²) in [6, 6.07) is 10.8. The van der Waals surface area contributed by atoms with Crippen molar-refractivity contribution in [2.45, 2.75) is 6.92 Å². The summed E-state index contributed by atoms with van der Waals surface area (Å²) in [5, 5.41) is 9.20. The fraction of sp³-hybridized carbons (Fsp3) is 0.200. The number of nitrogens with zero attached hydrogens (tertiary/aromatic N) is 1. The summed E-state index contributed by atoms with van der Waals surface area (Å²) in [5.74, 6) is 0.134. The van der Waals surface area contributed by atoms with Gasteiger partial charge in [-0.3, -0.25) is 0 Å². The molecule has 0 radical (unpaired) electrons. The van der Waals surface area contributed by atoms with Crippen LogP contribution in [0.15, 0.2) is 30.3 Å². The van der Waals surface area contributed by atoms with Crippen LogP contribution in [-0.4, -0.2) is 19.7 Å². The maximum Gasteiger partial charge on any atom is 0.338 e. The van der Waals surface area contributed by atoms with Crippen molar-refractivity contribution in [1.82, 2.24) is 0 Å². The van der Waals surface area contributed by atoms with E-state index in [4.69, 9.17) is 9.47 Å². The van der Waals surface area contributed by atoms with Crippen LogP contribution in [-0.2, 0) is 4.74 Å². The fourth-order valence-electron chi connectivity index (χ4n) is 2.03. The Kier molecular flexibility index (Phi) is 3.67. The third-order valence-electron chi connectivity index (χ3n) is 2.82. The van der Waals surface area contributed by atoms with Gasteiger partial charge >= 0.3 is 5.97 Å². The van der Waals surface area contributed by atoms with Crippen molar-refractivity contribution >= 4 is 5.97 Å². The number of carbonyl (C=O) groups is 1. The van der Waals surface area contributed by atoms with E-state index in [1.807, 2.05) is 0 Å². The van der Waals surface area contributed by atoms with Crippen LogP contribution in [0, 0.1) is 11.3 Å². The molecule has 4 heteroatoms. The molecule has 96 valence electrons. The van der Waals surface area contributed by atoms with E-state index in [0.29, 0.717) is 34.6 Å². The second kappa shape index (κ2) is 5.40. The second-order valence-corrected chi connectivity index (χ2v) is 3.88. The SMILES string of the molecule is CCOC(=O)c1cc(C#N)c2c(OC)ccccc1-2.